The molecule has 1 aliphatic heterocycles. The fourth-order valence-corrected chi connectivity index (χ4v) is 4.96. The smallest absolute Gasteiger partial charge is 0.431 e. The predicted octanol–water partition coefficient (Wildman–Crippen LogP) is 1.80. The van der Waals surface area contributed by atoms with E-state index in [1.54, 1.807) is 20.8 Å². The van der Waals surface area contributed by atoms with E-state index in [0.29, 0.717) is 0 Å². The quantitative estimate of drug-likeness (QED) is 0.245. The molecule has 2 bridgehead atoms. The van der Waals surface area contributed by atoms with Gasteiger partial charge in [0, 0.05) is 11.8 Å². The summed E-state index contributed by atoms with van der Waals surface area (Å²) < 4.78 is 98.5. The highest BCUT2D eigenvalue weighted by Crippen LogP contribution is 2.59. The lowest BCUT2D eigenvalue weighted by Gasteiger charge is -2.32. The molecule has 1 N–H and O–H groups in total. The number of hydrogen-bond donors (Lipinski definition) is 1. The van der Waals surface area contributed by atoms with Crippen molar-refractivity contribution in [1.29, 1.82) is 0 Å². The van der Waals surface area contributed by atoms with Crippen molar-refractivity contribution in [2.24, 2.45) is 29.1 Å². The molecule has 0 radical (unpaired) electrons. The van der Waals surface area contributed by atoms with Crippen LogP contribution in [0.25, 0.3) is 0 Å². The molecule has 0 aromatic carbocycles. The van der Waals surface area contributed by atoms with E-state index in [9.17, 15) is 40.4 Å². The first-order valence-corrected chi connectivity index (χ1v) is 11.1. The van der Waals surface area contributed by atoms with Gasteiger partial charge >= 0.3 is 39.2 Å². The van der Waals surface area contributed by atoms with Crippen LogP contribution in [0.2, 0.25) is 0 Å². The fourth-order valence-electron chi connectivity index (χ4n) is 4.48. The first kappa shape index (κ1) is 24.7. The summed E-state index contributed by atoms with van der Waals surface area (Å²) in [7, 11) is -6.41. The number of rotatable bonds is 7. The summed E-state index contributed by atoms with van der Waals surface area (Å²) in [5.74, 6) is -11.0. The van der Waals surface area contributed by atoms with Crippen LogP contribution in [0.3, 0.4) is 0 Å². The Kier molecular flexibility index (Phi) is 5.81. The minimum Gasteiger partial charge on any atom is -0.465 e. The van der Waals surface area contributed by atoms with Crippen molar-refractivity contribution in [3.05, 3.63) is 0 Å². The molecule has 0 spiro atoms. The van der Waals surface area contributed by atoms with Crippen molar-refractivity contribution in [3.63, 3.8) is 0 Å². The van der Waals surface area contributed by atoms with Crippen molar-refractivity contribution in [3.8, 4) is 0 Å². The van der Waals surface area contributed by atoms with Gasteiger partial charge in [-0.15, -0.1) is 0 Å². The zero-order valence-electron chi connectivity index (χ0n) is 17.2. The third kappa shape index (κ3) is 3.84. The van der Waals surface area contributed by atoms with Gasteiger partial charge in [-0.2, -0.15) is 26.0 Å². The molecule has 1 saturated heterocycles. The number of hydrogen-bond acceptors (Lipinski definition) is 8. The highest BCUT2D eigenvalue weighted by atomic mass is 32.2. The van der Waals surface area contributed by atoms with Gasteiger partial charge in [-0.05, 0) is 27.2 Å². The molecule has 32 heavy (non-hydrogen) atoms. The first-order chi connectivity index (χ1) is 14.4. The number of halogens is 4. The number of carbonyl (C=O) groups excluding carboxylic acids is 3. The van der Waals surface area contributed by atoms with E-state index in [4.69, 9.17) is 14.0 Å². The van der Waals surface area contributed by atoms with E-state index >= 15 is 0 Å². The van der Waals surface area contributed by atoms with Gasteiger partial charge in [0.1, 0.15) is 12.2 Å². The molecule has 9 nitrogen and oxygen atoms in total. The third-order valence-corrected chi connectivity index (χ3v) is 7.03. The maximum Gasteiger partial charge on any atom is 0.431 e. The van der Waals surface area contributed by atoms with E-state index in [2.05, 4.69) is 4.74 Å². The number of carbonyl (C=O) groups is 3. The third-order valence-electron chi connectivity index (χ3n) is 6.08. The van der Waals surface area contributed by atoms with Gasteiger partial charge in [-0.3, -0.25) is 18.9 Å². The average Bonchev–Trinajstić information content (AvgIpc) is 3.23. The summed E-state index contributed by atoms with van der Waals surface area (Å²) in [6, 6.07) is 0. The molecule has 3 rings (SSSR count). The number of alkyl halides is 4. The molecule has 0 aromatic heterocycles. The second-order valence-electron chi connectivity index (χ2n) is 9.25. The van der Waals surface area contributed by atoms with Crippen molar-refractivity contribution in [2.75, 3.05) is 6.61 Å². The standard InChI is InChI=1S/C18H22F4O9S/c1-16(2,3)15(25)31-12-7-6-8-10(14(24)30-11(8)12)9(7)13(23)29-5-4-17(19,20)18(21,22)32(26,27)28/h7-12H,4-6H2,1-3H3,(H,26,27,28). The zero-order valence-corrected chi connectivity index (χ0v) is 18.0. The average molecular weight is 490 g/mol. The van der Waals surface area contributed by atoms with E-state index < -0.39 is 93.5 Å². The zero-order chi connectivity index (χ0) is 24.4. The van der Waals surface area contributed by atoms with Gasteiger partial charge in [0.2, 0.25) is 0 Å². The summed E-state index contributed by atoms with van der Waals surface area (Å²) in [5, 5.41) is -5.78. The topological polar surface area (TPSA) is 133 Å². The lowest BCUT2D eigenvalue weighted by molar-refractivity contribution is -0.180. The minimum absolute atomic E-state index is 0.278. The Morgan fingerprint density at radius 2 is 1.75 bits per heavy atom. The van der Waals surface area contributed by atoms with Crippen LogP contribution >= 0.6 is 0 Å². The largest absolute Gasteiger partial charge is 0.465 e. The Morgan fingerprint density at radius 1 is 1.16 bits per heavy atom. The van der Waals surface area contributed by atoms with Crippen molar-refractivity contribution in [2.45, 2.75) is 57.0 Å². The lowest BCUT2D eigenvalue weighted by atomic mass is 9.78. The molecule has 0 aromatic rings. The van der Waals surface area contributed by atoms with E-state index in [1.165, 1.54) is 0 Å². The predicted molar refractivity (Wildman–Crippen MR) is 94.8 cm³/mol. The first-order valence-electron chi connectivity index (χ1n) is 9.71. The molecule has 2 aliphatic carbocycles. The van der Waals surface area contributed by atoms with Crippen molar-refractivity contribution >= 4 is 28.0 Å². The Bertz CT molecular complexity index is 927. The molecule has 3 fully saturated rings. The van der Waals surface area contributed by atoms with E-state index in [1.807, 2.05) is 0 Å². The van der Waals surface area contributed by atoms with Crippen molar-refractivity contribution < 1.29 is 59.1 Å². The van der Waals surface area contributed by atoms with Gasteiger partial charge in [0.05, 0.1) is 30.3 Å². The molecule has 14 heteroatoms. The molecule has 0 amide bonds. The number of fused-ring (bicyclic) bond motifs is 1. The summed E-state index contributed by atoms with van der Waals surface area (Å²) in [6.07, 6.45) is -3.31. The Labute approximate surface area is 180 Å². The molecular weight excluding hydrogens is 468 g/mol. The van der Waals surface area contributed by atoms with Gasteiger partial charge in [0.15, 0.2) is 0 Å². The van der Waals surface area contributed by atoms with Crippen LogP contribution in [0.1, 0.15) is 33.6 Å². The molecule has 6 atom stereocenters. The lowest BCUT2D eigenvalue weighted by Crippen LogP contribution is -2.48. The summed E-state index contributed by atoms with van der Waals surface area (Å²) >= 11 is 0. The monoisotopic (exact) mass is 490 g/mol. The van der Waals surface area contributed by atoms with Crippen molar-refractivity contribution in [1.82, 2.24) is 0 Å². The second-order valence-corrected chi connectivity index (χ2v) is 10.7. The molecule has 182 valence electrons. The summed E-state index contributed by atoms with van der Waals surface area (Å²) in [4.78, 5) is 37.1. The van der Waals surface area contributed by atoms with Crippen LogP contribution in [0.5, 0.6) is 0 Å². The van der Waals surface area contributed by atoms with E-state index in [0.717, 1.165) is 0 Å². The van der Waals surface area contributed by atoms with Crippen LogP contribution < -0.4 is 0 Å². The normalized spacial score (nSPS) is 32.1. The molecule has 1 heterocycles. The minimum atomic E-state index is -6.41. The summed E-state index contributed by atoms with van der Waals surface area (Å²) in [5.41, 5.74) is -0.885. The van der Waals surface area contributed by atoms with Crippen LogP contribution in [0.4, 0.5) is 17.6 Å². The molecule has 3 aliphatic rings. The van der Waals surface area contributed by atoms with Gasteiger partial charge in [-0.25, -0.2) is 0 Å². The number of esters is 3. The maximum atomic E-state index is 13.6. The molecule has 6 unspecified atom stereocenters. The Hall–Kier alpha value is -1.96. The summed E-state index contributed by atoms with van der Waals surface area (Å²) in [6.45, 7) is 3.49. The second kappa shape index (κ2) is 7.54. The van der Waals surface area contributed by atoms with Crippen LogP contribution in [0, 0.1) is 29.1 Å². The fraction of sp³-hybridized carbons (Fsp3) is 0.833. The van der Waals surface area contributed by atoms with Crippen LogP contribution in [-0.2, 0) is 38.7 Å². The maximum absolute atomic E-state index is 13.6. The highest BCUT2D eigenvalue weighted by molar-refractivity contribution is 7.87. The Morgan fingerprint density at radius 3 is 2.28 bits per heavy atom. The number of ether oxygens (including phenoxy) is 3. The molecule has 2 saturated carbocycles. The van der Waals surface area contributed by atoms with Gasteiger partial charge < -0.3 is 14.2 Å². The van der Waals surface area contributed by atoms with Crippen LogP contribution in [0.15, 0.2) is 0 Å². The highest BCUT2D eigenvalue weighted by Gasteiger charge is 2.70. The molecular formula is C18H22F4O9S. The Balaban J connectivity index is 1.69. The van der Waals surface area contributed by atoms with Gasteiger partial charge in [0.25, 0.3) is 0 Å². The van der Waals surface area contributed by atoms with Crippen LogP contribution in [-0.4, -0.2) is 60.9 Å². The van der Waals surface area contributed by atoms with Gasteiger partial charge in [-0.1, -0.05) is 0 Å². The van der Waals surface area contributed by atoms with E-state index in [-0.39, 0.29) is 6.42 Å². The SMILES string of the molecule is CC(C)(C)C(=O)OC1C2CC3C1OC(=O)C3C2C(=O)OCCC(F)(F)C(F)(F)S(=O)(=O)O.